The van der Waals surface area contributed by atoms with Gasteiger partial charge < -0.3 is 11.1 Å². The minimum Gasteiger partial charge on any atom is -0.326 e. The number of amides is 3. The Morgan fingerprint density at radius 3 is 2.29 bits per heavy atom. The highest BCUT2D eigenvalue weighted by molar-refractivity contribution is 6.11. The maximum atomic E-state index is 13.5. The summed E-state index contributed by atoms with van der Waals surface area (Å²) >= 11 is 0. The van der Waals surface area contributed by atoms with E-state index in [2.05, 4.69) is 5.32 Å². The Labute approximate surface area is 178 Å². The third-order valence-corrected chi connectivity index (χ3v) is 6.14. The van der Waals surface area contributed by atoms with Crippen LogP contribution in [0.25, 0.3) is 11.1 Å². The van der Waals surface area contributed by atoms with E-state index < -0.39 is 48.6 Å². The highest BCUT2D eigenvalue weighted by Gasteiger charge is 2.55. The number of hydrogen-bond donors (Lipinski definition) is 2. The van der Waals surface area contributed by atoms with Crippen molar-refractivity contribution in [3.8, 4) is 11.1 Å². The number of rotatable bonds is 5. The van der Waals surface area contributed by atoms with Crippen molar-refractivity contribution in [3.63, 3.8) is 0 Å². The van der Waals surface area contributed by atoms with Gasteiger partial charge in [-0.25, -0.2) is 13.6 Å². The summed E-state index contributed by atoms with van der Waals surface area (Å²) in [7, 11) is 0. The molecule has 1 saturated heterocycles. The van der Waals surface area contributed by atoms with Crippen LogP contribution in [0.1, 0.15) is 41.6 Å². The molecule has 2 aliphatic rings. The number of alkyl halides is 2. The molecule has 0 aromatic heterocycles. The van der Waals surface area contributed by atoms with E-state index in [0.717, 1.165) is 21.6 Å². The lowest BCUT2D eigenvalue weighted by molar-refractivity contribution is -0.135. The van der Waals surface area contributed by atoms with E-state index in [1.165, 1.54) is 0 Å². The number of halogens is 2. The SMILES string of the molecule is NCc1ccccc1-c1ccc(C(=O)CN2C(=O)NC3(CCC(F)(F)CC3)C2=O)cc1. The van der Waals surface area contributed by atoms with Crippen molar-refractivity contribution >= 4 is 17.7 Å². The van der Waals surface area contributed by atoms with Crippen LogP contribution in [0.3, 0.4) is 0 Å². The second-order valence-electron chi connectivity index (χ2n) is 8.12. The van der Waals surface area contributed by atoms with Crippen molar-refractivity contribution < 1.29 is 23.2 Å². The van der Waals surface area contributed by atoms with Crippen LogP contribution < -0.4 is 11.1 Å². The molecule has 3 amide bonds. The molecule has 6 nitrogen and oxygen atoms in total. The smallest absolute Gasteiger partial charge is 0.325 e. The van der Waals surface area contributed by atoms with Crippen molar-refractivity contribution in [1.82, 2.24) is 10.2 Å². The summed E-state index contributed by atoms with van der Waals surface area (Å²) in [5, 5.41) is 2.55. The van der Waals surface area contributed by atoms with E-state index in [1.807, 2.05) is 24.3 Å². The number of ketones is 1. The molecule has 1 spiro atoms. The summed E-state index contributed by atoms with van der Waals surface area (Å²) in [6.07, 6.45) is -1.20. The Kier molecular flexibility index (Phi) is 5.35. The Morgan fingerprint density at radius 1 is 1.00 bits per heavy atom. The van der Waals surface area contributed by atoms with Gasteiger partial charge in [-0.05, 0) is 29.5 Å². The van der Waals surface area contributed by atoms with Gasteiger partial charge in [0.05, 0.1) is 6.54 Å². The Bertz CT molecular complexity index is 1030. The molecular formula is C23H23F2N3O3. The Hall–Kier alpha value is -3.13. The van der Waals surface area contributed by atoms with Crippen LogP contribution in [0.5, 0.6) is 0 Å². The standard InChI is InChI=1S/C23H23F2N3O3/c24-23(25)11-9-22(10-12-23)20(30)28(21(31)27-22)14-19(29)16-7-5-15(6-8-16)18-4-2-1-3-17(18)13-26/h1-8H,9-14,26H2,(H,27,31). The van der Waals surface area contributed by atoms with Gasteiger partial charge in [0, 0.05) is 24.9 Å². The van der Waals surface area contributed by atoms with Gasteiger partial charge in [-0.1, -0.05) is 48.5 Å². The first-order valence-corrected chi connectivity index (χ1v) is 10.2. The summed E-state index contributed by atoms with van der Waals surface area (Å²) < 4.78 is 27.0. The van der Waals surface area contributed by atoms with Crippen LogP contribution in [0.15, 0.2) is 48.5 Å². The highest BCUT2D eigenvalue weighted by atomic mass is 19.3. The number of carbonyl (C=O) groups is 3. The number of benzene rings is 2. The monoisotopic (exact) mass is 427 g/mol. The number of nitrogens with zero attached hydrogens (tertiary/aromatic N) is 1. The zero-order valence-electron chi connectivity index (χ0n) is 16.9. The molecule has 1 aliphatic carbocycles. The minimum absolute atomic E-state index is 0.134. The molecule has 0 unspecified atom stereocenters. The molecular weight excluding hydrogens is 404 g/mol. The lowest BCUT2D eigenvalue weighted by atomic mass is 9.80. The molecule has 1 aliphatic heterocycles. The molecule has 1 saturated carbocycles. The largest absolute Gasteiger partial charge is 0.326 e. The average Bonchev–Trinajstić information content (AvgIpc) is 3.00. The topological polar surface area (TPSA) is 92.5 Å². The third-order valence-electron chi connectivity index (χ3n) is 6.14. The predicted molar refractivity (Wildman–Crippen MR) is 110 cm³/mol. The molecule has 2 fully saturated rings. The van der Waals surface area contributed by atoms with Gasteiger partial charge in [0.1, 0.15) is 5.54 Å². The molecule has 4 rings (SSSR count). The highest BCUT2D eigenvalue weighted by Crippen LogP contribution is 2.41. The number of imide groups is 1. The summed E-state index contributed by atoms with van der Waals surface area (Å²) in [5.41, 5.74) is 7.66. The fourth-order valence-corrected chi connectivity index (χ4v) is 4.25. The normalized spacial score (nSPS) is 19.5. The molecule has 1 heterocycles. The molecule has 0 bridgehead atoms. The number of hydrogen-bond acceptors (Lipinski definition) is 4. The molecule has 0 atom stereocenters. The first-order valence-electron chi connectivity index (χ1n) is 10.2. The summed E-state index contributed by atoms with van der Waals surface area (Å²) in [6, 6.07) is 13.8. The van der Waals surface area contributed by atoms with Crippen molar-refractivity contribution in [2.75, 3.05) is 6.54 Å². The third kappa shape index (κ3) is 3.95. The van der Waals surface area contributed by atoms with Crippen molar-refractivity contribution in [2.24, 2.45) is 5.73 Å². The second-order valence-corrected chi connectivity index (χ2v) is 8.12. The fraction of sp³-hybridized carbons (Fsp3) is 0.348. The molecule has 31 heavy (non-hydrogen) atoms. The number of nitrogens with two attached hydrogens (primary N) is 1. The van der Waals surface area contributed by atoms with Crippen LogP contribution in [-0.4, -0.2) is 40.6 Å². The van der Waals surface area contributed by atoms with E-state index in [9.17, 15) is 23.2 Å². The zero-order chi connectivity index (χ0) is 22.2. The van der Waals surface area contributed by atoms with E-state index in [1.54, 1.807) is 24.3 Å². The van der Waals surface area contributed by atoms with E-state index in [-0.39, 0.29) is 12.8 Å². The second kappa shape index (κ2) is 7.85. The van der Waals surface area contributed by atoms with E-state index in [0.29, 0.717) is 12.1 Å². The van der Waals surface area contributed by atoms with Gasteiger partial charge in [-0.15, -0.1) is 0 Å². The van der Waals surface area contributed by atoms with Crippen LogP contribution in [0.4, 0.5) is 13.6 Å². The lowest BCUT2D eigenvalue weighted by Crippen LogP contribution is -2.51. The molecule has 0 radical (unpaired) electrons. The Balaban J connectivity index is 1.47. The Morgan fingerprint density at radius 2 is 1.65 bits per heavy atom. The zero-order valence-corrected chi connectivity index (χ0v) is 16.9. The molecule has 162 valence electrons. The number of Topliss-reactive ketones (excluding diaryl/α,β-unsaturated/α-hetero) is 1. The molecule has 2 aromatic rings. The van der Waals surface area contributed by atoms with Crippen molar-refractivity contribution in [1.29, 1.82) is 0 Å². The summed E-state index contributed by atoms with van der Waals surface area (Å²) in [5.74, 6) is -3.83. The maximum Gasteiger partial charge on any atom is 0.325 e. The summed E-state index contributed by atoms with van der Waals surface area (Å²) in [6.45, 7) is -0.0434. The van der Waals surface area contributed by atoms with Gasteiger partial charge in [-0.3, -0.25) is 14.5 Å². The van der Waals surface area contributed by atoms with Crippen LogP contribution in [0.2, 0.25) is 0 Å². The van der Waals surface area contributed by atoms with Gasteiger partial charge in [0.25, 0.3) is 5.91 Å². The molecule has 2 aromatic carbocycles. The number of nitrogens with one attached hydrogen (secondary N) is 1. The fourth-order valence-electron chi connectivity index (χ4n) is 4.25. The molecule has 3 N–H and O–H groups in total. The first-order chi connectivity index (χ1) is 14.7. The van der Waals surface area contributed by atoms with Crippen LogP contribution in [-0.2, 0) is 11.3 Å². The van der Waals surface area contributed by atoms with Crippen LogP contribution >= 0.6 is 0 Å². The lowest BCUT2D eigenvalue weighted by Gasteiger charge is -2.34. The van der Waals surface area contributed by atoms with Gasteiger partial charge in [-0.2, -0.15) is 0 Å². The van der Waals surface area contributed by atoms with Crippen molar-refractivity contribution in [3.05, 3.63) is 59.7 Å². The summed E-state index contributed by atoms with van der Waals surface area (Å²) in [4.78, 5) is 38.7. The minimum atomic E-state index is -2.83. The van der Waals surface area contributed by atoms with Gasteiger partial charge >= 0.3 is 6.03 Å². The van der Waals surface area contributed by atoms with E-state index >= 15 is 0 Å². The number of urea groups is 1. The van der Waals surface area contributed by atoms with Crippen molar-refractivity contribution in [2.45, 2.75) is 43.7 Å². The predicted octanol–water partition coefficient (Wildman–Crippen LogP) is 3.49. The first kappa shape index (κ1) is 21.1. The van der Waals surface area contributed by atoms with Crippen LogP contribution in [0, 0.1) is 0 Å². The maximum absolute atomic E-state index is 13.5. The van der Waals surface area contributed by atoms with E-state index in [4.69, 9.17) is 5.73 Å². The average molecular weight is 427 g/mol. The quantitative estimate of drug-likeness (QED) is 0.564. The molecule has 8 heteroatoms. The number of carbonyl (C=O) groups excluding carboxylic acids is 3. The van der Waals surface area contributed by atoms with Gasteiger partial charge in [0.15, 0.2) is 5.78 Å². The van der Waals surface area contributed by atoms with Gasteiger partial charge in [0.2, 0.25) is 5.92 Å².